The van der Waals surface area contributed by atoms with Gasteiger partial charge in [0, 0.05) is 17.3 Å². The molecule has 1 aromatic heterocycles. The van der Waals surface area contributed by atoms with E-state index in [2.05, 4.69) is 14.7 Å². The van der Waals surface area contributed by atoms with Crippen LogP contribution in [-0.2, 0) is 10.0 Å². The Labute approximate surface area is 130 Å². The monoisotopic (exact) mass is 350 g/mol. The quantitative estimate of drug-likeness (QED) is 0.503. The highest BCUT2D eigenvalue weighted by Gasteiger charge is 2.19. The standard InChI is InChI=1S/C11H9Cl2FN4O2S/c1-5-7(14)2-6(3-8(5)15)21(19,20)18-10-4-9(12)16-11(13)17-10/h2-4H,15H2,1H3,(H,16,17,18). The van der Waals surface area contributed by atoms with Crippen LogP contribution in [0.15, 0.2) is 23.1 Å². The fourth-order valence-electron chi connectivity index (χ4n) is 1.47. The van der Waals surface area contributed by atoms with Crippen LogP contribution < -0.4 is 10.5 Å². The highest BCUT2D eigenvalue weighted by atomic mass is 35.5. The summed E-state index contributed by atoms with van der Waals surface area (Å²) in [6.07, 6.45) is 0. The van der Waals surface area contributed by atoms with E-state index in [0.717, 1.165) is 12.1 Å². The maximum atomic E-state index is 13.6. The molecule has 3 N–H and O–H groups in total. The van der Waals surface area contributed by atoms with Crippen LogP contribution in [0.1, 0.15) is 5.56 Å². The number of nitrogens with one attached hydrogen (secondary N) is 1. The van der Waals surface area contributed by atoms with Crippen LogP contribution in [0, 0.1) is 12.7 Å². The molecule has 112 valence electrons. The Morgan fingerprint density at radius 1 is 1.24 bits per heavy atom. The molecule has 0 saturated heterocycles. The number of anilines is 2. The zero-order chi connectivity index (χ0) is 15.8. The van der Waals surface area contributed by atoms with Crippen molar-refractivity contribution in [3.8, 4) is 0 Å². The molecule has 0 spiro atoms. The molecule has 21 heavy (non-hydrogen) atoms. The van der Waals surface area contributed by atoms with Gasteiger partial charge in [-0.05, 0) is 30.7 Å². The van der Waals surface area contributed by atoms with Gasteiger partial charge in [-0.1, -0.05) is 11.6 Å². The second-order valence-corrected chi connectivity index (χ2v) is 6.48. The molecule has 0 radical (unpaired) electrons. The normalized spacial score (nSPS) is 11.4. The van der Waals surface area contributed by atoms with Crippen molar-refractivity contribution in [2.75, 3.05) is 10.5 Å². The van der Waals surface area contributed by atoms with Gasteiger partial charge in [-0.15, -0.1) is 0 Å². The third-order valence-corrected chi connectivity index (χ3v) is 4.27. The first-order valence-electron chi connectivity index (χ1n) is 5.47. The molecule has 0 amide bonds. The number of hydrogen-bond donors (Lipinski definition) is 2. The van der Waals surface area contributed by atoms with Crippen LogP contribution in [-0.4, -0.2) is 18.4 Å². The Balaban J connectivity index is 2.43. The highest BCUT2D eigenvalue weighted by molar-refractivity contribution is 7.92. The SMILES string of the molecule is Cc1c(N)cc(S(=O)(=O)Nc2cc(Cl)nc(Cl)n2)cc1F. The molecule has 1 heterocycles. The first kappa shape index (κ1) is 15.7. The first-order chi connectivity index (χ1) is 9.69. The van der Waals surface area contributed by atoms with Gasteiger partial charge in [0.15, 0.2) is 0 Å². The van der Waals surface area contributed by atoms with Crippen LogP contribution in [0.3, 0.4) is 0 Å². The molecule has 0 fully saturated rings. The smallest absolute Gasteiger partial charge is 0.263 e. The van der Waals surface area contributed by atoms with Crippen molar-refractivity contribution < 1.29 is 12.8 Å². The van der Waals surface area contributed by atoms with E-state index in [1.165, 1.54) is 13.0 Å². The number of rotatable bonds is 3. The van der Waals surface area contributed by atoms with Gasteiger partial charge in [0.2, 0.25) is 5.28 Å². The molecule has 0 aliphatic heterocycles. The summed E-state index contributed by atoms with van der Waals surface area (Å²) in [5, 5.41) is -0.267. The van der Waals surface area contributed by atoms with Crippen LogP contribution in [0.2, 0.25) is 10.4 Å². The van der Waals surface area contributed by atoms with Crippen molar-refractivity contribution >= 4 is 44.7 Å². The van der Waals surface area contributed by atoms with Crippen molar-refractivity contribution in [2.24, 2.45) is 0 Å². The minimum atomic E-state index is -4.09. The van der Waals surface area contributed by atoms with E-state index in [4.69, 9.17) is 28.9 Å². The van der Waals surface area contributed by atoms with Crippen LogP contribution in [0.5, 0.6) is 0 Å². The predicted molar refractivity (Wildman–Crippen MR) is 78.4 cm³/mol. The fraction of sp³-hybridized carbons (Fsp3) is 0.0909. The van der Waals surface area contributed by atoms with E-state index in [-0.39, 0.29) is 32.4 Å². The largest absolute Gasteiger partial charge is 0.398 e. The Bertz CT molecular complexity index is 771. The maximum absolute atomic E-state index is 13.6. The van der Waals surface area contributed by atoms with Crippen molar-refractivity contribution in [1.82, 2.24) is 9.97 Å². The summed E-state index contributed by atoms with van der Waals surface area (Å²) >= 11 is 11.2. The van der Waals surface area contributed by atoms with E-state index in [1.807, 2.05) is 0 Å². The van der Waals surface area contributed by atoms with E-state index >= 15 is 0 Å². The zero-order valence-electron chi connectivity index (χ0n) is 10.6. The van der Waals surface area contributed by atoms with Crippen molar-refractivity contribution in [2.45, 2.75) is 11.8 Å². The minimum absolute atomic E-state index is 0.0223. The topological polar surface area (TPSA) is 98.0 Å². The summed E-state index contributed by atoms with van der Waals surface area (Å²) in [6, 6.07) is 3.17. The molecule has 0 saturated carbocycles. The molecule has 10 heteroatoms. The summed E-state index contributed by atoms with van der Waals surface area (Å²) in [4.78, 5) is 6.90. The van der Waals surface area contributed by atoms with Crippen molar-refractivity contribution in [3.05, 3.63) is 40.0 Å². The highest BCUT2D eigenvalue weighted by Crippen LogP contribution is 2.23. The summed E-state index contributed by atoms with van der Waals surface area (Å²) in [5.41, 5.74) is 5.75. The van der Waals surface area contributed by atoms with E-state index in [0.29, 0.717) is 0 Å². The number of benzene rings is 1. The first-order valence-corrected chi connectivity index (χ1v) is 7.71. The van der Waals surface area contributed by atoms with Gasteiger partial charge in [-0.2, -0.15) is 4.98 Å². The molecular weight excluding hydrogens is 342 g/mol. The van der Waals surface area contributed by atoms with Crippen molar-refractivity contribution in [1.29, 1.82) is 0 Å². The lowest BCUT2D eigenvalue weighted by Crippen LogP contribution is -2.15. The van der Waals surface area contributed by atoms with Crippen LogP contribution in [0.25, 0.3) is 0 Å². The molecule has 2 rings (SSSR count). The average Bonchev–Trinajstić information content (AvgIpc) is 2.33. The number of hydrogen-bond acceptors (Lipinski definition) is 5. The number of nitrogens with zero attached hydrogens (tertiary/aromatic N) is 2. The third kappa shape index (κ3) is 3.52. The molecule has 0 unspecified atom stereocenters. The Morgan fingerprint density at radius 2 is 1.90 bits per heavy atom. The molecule has 0 aliphatic rings. The second-order valence-electron chi connectivity index (χ2n) is 4.07. The number of aromatic nitrogens is 2. The maximum Gasteiger partial charge on any atom is 0.263 e. The van der Waals surface area contributed by atoms with Crippen LogP contribution >= 0.6 is 23.2 Å². The van der Waals surface area contributed by atoms with Gasteiger partial charge in [-0.25, -0.2) is 17.8 Å². The lowest BCUT2D eigenvalue weighted by Gasteiger charge is -2.10. The Kier molecular flexibility index (Phi) is 4.22. The Morgan fingerprint density at radius 3 is 2.48 bits per heavy atom. The van der Waals surface area contributed by atoms with Gasteiger partial charge >= 0.3 is 0 Å². The average molecular weight is 351 g/mol. The van der Waals surface area contributed by atoms with Crippen LogP contribution in [0.4, 0.5) is 15.9 Å². The molecular formula is C11H9Cl2FN4O2S. The molecule has 6 nitrogen and oxygen atoms in total. The third-order valence-electron chi connectivity index (χ3n) is 2.57. The van der Waals surface area contributed by atoms with Gasteiger partial charge in [0.1, 0.15) is 16.8 Å². The van der Waals surface area contributed by atoms with Gasteiger partial charge in [-0.3, -0.25) is 4.72 Å². The lowest BCUT2D eigenvalue weighted by molar-refractivity contribution is 0.593. The number of halogens is 3. The Hall–Kier alpha value is -1.64. The van der Waals surface area contributed by atoms with Gasteiger partial charge < -0.3 is 5.73 Å². The number of nitrogen functional groups attached to an aromatic ring is 1. The molecule has 0 aliphatic carbocycles. The summed E-state index contributed by atoms with van der Waals surface area (Å²) < 4.78 is 40.0. The number of sulfonamides is 1. The summed E-state index contributed by atoms with van der Waals surface area (Å²) in [6.45, 7) is 1.44. The van der Waals surface area contributed by atoms with Gasteiger partial charge in [0.25, 0.3) is 10.0 Å². The molecule has 2 aromatic rings. The number of nitrogens with two attached hydrogens (primary N) is 1. The predicted octanol–water partition coefficient (Wildman–Crippen LogP) is 2.61. The lowest BCUT2D eigenvalue weighted by atomic mass is 10.2. The minimum Gasteiger partial charge on any atom is -0.398 e. The fourth-order valence-corrected chi connectivity index (χ4v) is 2.92. The molecule has 0 bridgehead atoms. The summed E-state index contributed by atoms with van der Waals surface area (Å²) in [5.74, 6) is -0.867. The van der Waals surface area contributed by atoms with E-state index in [9.17, 15) is 12.8 Å². The van der Waals surface area contributed by atoms with Gasteiger partial charge in [0.05, 0.1) is 4.90 Å². The second kappa shape index (κ2) is 5.63. The summed E-state index contributed by atoms with van der Waals surface area (Å²) in [7, 11) is -4.09. The van der Waals surface area contributed by atoms with E-state index in [1.54, 1.807) is 0 Å². The molecule has 1 aromatic carbocycles. The van der Waals surface area contributed by atoms with E-state index < -0.39 is 15.8 Å². The zero-order valence-corrected chi connectivity index (χ0v) is 12.9. The molecule has 0 atom stereocenters. The van der Waals surface area contributed by atoms with Crippen molar-refractivity contribution in [3.63, 3.8) is 0 Å².